The van der Waals surface area contributed by atoms with Crippen molar-refractivity contribution in [2.75, 3.05) is 19.1 Å². The fourth-order valence-corrected chi connectivity index (χ4v) is 3.86. The van der Waals surface area contributed by atoms with Gasteiger partial charge < -0.3 is 30.4 Å². The van der Waals surface area contributed by atoms with Crippen LogP contribution in [0, 0.1) is 0 Å². The van der Waals surface area contributed by atoms with Crippen molar-refractivity contribution in [3.8, 4) is 17.2 Å². The van der Waals surface area contributed by atoms with Crippen molar-refractivity contribution in [3.63, 3.8) is 0 Å². The van der Waals surface area contributed by atoms with Gasteiger partial charge in [0.05, 0.1) is 7.11 Å². The van der Waals surface area contributed by atoms with Gasteiger partial charge in [-0.1, -0.05) is 6.07 Å². The molecule has 1 fully saturated rings. The molecule has 1 saturated heterocycles. The number of urea groups is 1. The van der Waals surface area contributed by atoms with E-state index in [2.05, 4.69) is 5.32 Å². The zero-order valence-corrected chi connectivity index (χ0v) is 19.8. The average molecular weight is 500 g/mol. The van der Waals surface area contributed by atoms with Crippen molar-refractivity contribution in [1.82, 2.24) is 10.2 Å². The van der Waals surface area contributed by atoms with Gasteiger partial charge in [-0.2, -0.15) is 0 Å². The van der Waals surface area contributed by atoms with Gasteiger partial charge in [-0.25, -0.2) is 9.59 Å². The number of nitrogens with two attached hydrogens (primary N) is 1. The molecule has 0 aliphatic carbocycles. The highest BCUT2D eigenvalue weighted by atomic mass is 16.6. The highest BCUT2D eigenvalue weighted by molar-refractivity contribution is 6.11. The first-order chi connectivity index (χ1) is 16.9. The number of hydrogen-bond acceptors (Lipinski definition) is 9. The van der Waals surface area contributed by atoms with Crippen LogP contribution in [0.25, 0.3) is 0 Å². The molecule has 1 heterocycles. The number of rotatable bonds is 6. The number of likely N-dealkylation sites (N-methyl/N-ethyl adjacent to an activating group) is 1. The van der Waals surface area contributed by atoms with E-state index in [0.29, 0.717) is 5.75 Å². The van der Waals surface area contributed by atoms with E-state index in [9.17, 15) is 29.1 Å². The second-order valence-electron chi connectivity index (χ2n) is 7.75. The summed E-state index contributed by atoms with van der Waals surface area (Å²) in [6, 6.07) is 8.97. The van der Waals surface area contributed by atoms with Crippen LogP contribution in [0.1, 0.15) is 19.4 Å². The molecule has 1 aliphatic heterocycles. The number of nitrogens with zero attached hydrogens (tertiary/aromatic N) is 2. The molecule has 2 aromatic rings. The molecule has 2 aromatic carbocycles. The number of carbonyl (C=O) groups is 5. The molecule has 1 aliphatic rings. The van der Waals surface area contributed by atoms with Crippen LogP contribution in [0.2, 0.25) is 0 Å². The minimum Gasteiger partial charge on any atom is -0.497 e. The molecule has 190 valence electrons. The van der Waals surface area contributed by atoms with Crippen LogP contribution in [0.3, 0.4) is 0 Å². The summed E-state index contributed by atoms with van der Waals surface area (Å²) in [5.74, 6) is -2.40. The van der Waals surface area contributed by atoms with E-state index in [-0.39, 0.29) is 22.7 Å². The highest BCUT2D eigenvalue weighted by Gasteiger charge is 2.58. The van der Waals surface area contributed by atoms with Gasteiger partial charge in [0.2, 0.25) is 0 Å². The minimum atomic E-state index is -2.25. The number of nitrogens with one attached hydrogen (secondary N) is 1. The summed E-state index contributed by atoms with van der Waals surface area (Å²) in [5.41, 5.74) is 4.38. The Morgan fingerprint density at radius 3 is 2.11 bits per heavy atom. The molecule has 0 aromatic heterocycles. The lowest BCUT2D eigenvalue weighted by Crippen LogP contribution is -2.76. The predicted octanol–water partition coefficient (Wildman–Crippen LogP) is 1.39. The van der Waals surface area contributed by atoms with Crippen LogP contribution in [-0.2, 0) is 19.9 Å². The summed E-state index contributed by atoms with van der Waals surface area (Å²) in [7, 11) is 2.63. The maximum atomic E-state index is 13.5. The van der Waals surface area contributed by atoms with Crippen LogP contribution >= 0.6 is 0 Å². The quantitative estimate of drug-likeness (QED) is 0.388. The Bertz CT molecular complexity index is 1230. The number of carboxylic acid groups (broad SMARTS) is 1. The summed E-state index contributed by atoms with van der Waals surface area (Å²) in [6.07, 6.45) is -3.21. The van der Waals surface area contributed by atoms with Crippen molar-refractivity contribution in [2.45, 2.75) is 25.6 Å². The summed E-state index contributed by atoms with van der Waals surface area (Å²) in [6.45, 7) is 2.23. The first-order valence-electron chi connectivity index (χ1n) is 10.5. The highest BCUT2D eigenvalue weighted by Crippen LogP contribution is 2.40. The Balaban J connectivity index is 2.25. The molecule has 36 heavy (non-hydrogen) atoms. The van der Waals surface area contributed by atoms with Crippen LogP contribution in [0.5, 0.6) is 17.2 Å². The number of imide groups is 1. The van der Waals surface area contributed by atoms with Crippen molar-refractivity contribution in [2.24, 2.45) is 5.73 Å². The van der Waals surface area contributed by atoms with Crippen LogP contribution in [0.15, 0.2) is 42.5 Å². The molecular weight excluding hydrogens is 476 g/mol. The number of methoxy groups -OCH3 is 1. The molecule has 4 N–H and O–H groups in total. The number of esters is 2. The molecule has 3 rings (SSSR count). The molecule has 4 amide bonds. The number of anilines is 1. The lowest BCUT2D eigenvalue weighted by molar-refractivity contribution is -0.137. The number of ether oxygens (including phenoxy) is 3. The van der Waals surface area contributed by atoms with Crippen LogP contribution in [0.4, 0.5) is 15.3 Å². The van der Waals surface area contributed by atoms with Gasteiger partial charge in [-0.3, -0.25) is 24.2 Å². The topological polar surface area (TPSA) is 178 Å². The minimum absolute atomic E-state index is 0.0765. The monoisotopic (exact) mass is 500 g/mol. The fraction of sp³-hybridized carbons (Fsp3) is 0.261. The lowest BCUT2D eigenvalue weighted by atomic mass is 9.82. The maximum Gasteiger partial charge on any atom is 0.405 e. The van der Waals surface area contributed by atoms with Gasteiger partial charge >= 0.3 is 24.1 Å². The molecule has 0 spiro atoms. The molecule has 2 unspecified atom stereocenters. The van der Waals surface area contributed by atoms with Crippen molar-refractivity contribution < 1.29 is 43.3 Å². The average Bonchev–Trinajstić information content (AvgIpc) is 2.81. The van der Waals surface area contributed by atoms with E-state index in [1.807, 2.05) is 0 Å². The van der Waals surface area contributed by atoms with Gasteiger partial charge in [-0.05, 0) is 42.0 Å². The molecule has 13 heteroatoms. The summed E-state index contributed by atoms with van der Waals surface area (Å²) >= 11 is 0. The number of amides is 4. The van der Waals surface area contributed by atoms with E-state index in [1.165, 1.54) is 38.4 Å². The third-order valence-electron chi connectivity index (χ3n) is 5.42. The summed E-state index contributed by atoms with van der Waals surface area (Å²) < 4.78 is 15.3. The molecule has 2 atom stereocenters. The molecule has 0 saturated carbocycles. The zero-order chi connectivity index (χ0) is 26.8. The molecule has 13 nitrogen and oxygen atoms in total. The Labute approximate surface area is 205 Å². The van der Waals surface area contributed by atoms with Crippen molar-refractivity contribution in [1.29, 1.82) is 0 Å². The van der Waals surface area contributed by atoms with E-state index < -0.39 is 41.7 Å². The smallest absolute Gasteiger partial charge is 0.405 e. The fourth-order valence-electron chi connectivity index (χ4n) is 3.86. The van der Waals surface area contributed by atoms with Crippen molar-refractivity contribution >= 4 is 35.7 Å². The first-order valence-corrected chi connectivity index (χ1v) is 10.5. The van der Waals surface area contributed by atoms with E-state index in [1.54, 1.807) is 12.1 Å². The Kier molecular flexibility index (Phi) is 7.15. The predicted molar refractivity (Wildman–Crippen MR) is 124 cm³/mol. The second-order valence-corrected chi connectivity index (χ2v) is 7.75. The Hall–Kier alpha value is -4.65. The largest absolute Gasteiger partial charge is 0.497 e. The first kappa shape index (κ1) is 26.0. The molecular formula is C23H24N4O9. The summed E-state index contributed by atoms with van der Waals surface area (Å²) in [4.78, 5) is 63.5. The normalized spacial score (nSPS) is 19.5. The number of carbonyl (C=O) groups excluding carboxylic acids is 4. The third kappa shape index (κ3) is 4.63. The molecule has 0 bridgehead atoms. The van der Waals surface area contributed by atoms with E-state index in [4.69, 9.17) is 19.9 Å². The number of benzene rings is 2. The van der Waals surface area contributed by atoms with Crippen molar-refractivity contribution in [3.05, 3.63) is 48.0 Å². The second kappa shape index (κ2) is 9.92. The van der Waals surface area contributed by atoms with Gasteiger partial charge in [0.25, 0.3) is 5.91 Å². The van der Waals surface area contributed by atoms with Gasteiger partial charge in [-0.15, -0.1) is 0 Å². The van der Waals surface area contributed by atoms with E-state index >= 15 is 0 Å². The van der Waals surface area contributed by atoms with Gasteiger partial charge in [0.1, 0.15) is 11.9 Å². The SMILES string of the molecule is COc1ccc(N2C(=O)N(C)C(=O)C(NC(=O)O)(c3ccc(OC(C)=O)c(OC(C)=O)c3)C2N)cc1. The third-order valence-corrected chi connectivity index (χ3v) is 5.42. The standard InChI is InChI=1S/C23H24N4O9/c1-12(28)35-17-10-5-14(11-18(17)36-13(2)29)23(25-21(31)32)19(24)27(22(33)26(3)20(23)30)15-6-8-16(34-4)9-7-15/h5-11,19,25H,24H2,1-4H3,(H,31,32). The summed E-state index contributed by atoms with van der Waals surface area (Å²) in [5, 5.41) is 11.8. The lowest BCUT2D eigenvalue weighted by Gasteiger charge is -2.49. The Morgan fingerprint density at radius 2 is 1.58 bits per heavy atom. The van der Waals surface area contributed by atoms with Crippen LogP contribution < -0.4 is 30.2 Å². The van der Waals surface area contributed by atoms with Crippen LogP contribution in [-0.4, -0.2) is 60.3 Å². The Morgan fingerprint density at radius 1 is 1.00 bits per heavy atom. The zero-order valence-electron chi connectivity index (χ0n) is 19.8. The van der Waals surface area contributed by atoms with E-state index in [0.717, 1.165) is 29.7 Å². The van der Waals surface area contributed by atoms with Gasteiger partial charge in [0, 0.05) is 26.6 Å². The van der Waals surface area contributed by atoms with Gasteiger partial charge in [0.15, 0.2) is 17.0 Å². The maximum absolute atomic E-state index is 13.5. The number of hydrogen-bond donors (Lipinski definition) is 3. The molecule has 0 radical (unpaired) electrons.